The zero-order valence-electron chi connectivity index (χ0n) is 18.9. The van der Waals surface area contributed by atoms with Gasteiger partial charge in [-0.1, -0.05) is 0 Å². The number of hydrogen-bond donors (Lipinski definition) is 1. The van der Waals surface area contributed by atoms with Gasteiger partial charge in [0.05, 0.1) is 12.7 Å². The smallest absolute Gasteiger partial charge is 0.323 e. The maximum Gasteiger partial charge on any atom is 0.427 e. The zero-order valence-corrected chi connectivity index (χ0v) is 19.8. The number of carbonyl (C=O) groups excluding carboxylic acids is 1. The molecule has 3 aliphatic heterocycles. The lowest BCUT2D eigenvalue weighted by atomic mass is 9.57. The Balaban J connectivity index is 0.845. The molecule has 2 amide bonds. The minimum atomic E-state index is -4.34. The fraction of sp³-hybridized carbons (Fsp3) is 0.727. The molecule has 35 heavy (non-hydrogen) atoms. The fourth-order valence-electron chi connectivity index (χ4n) is 6.35. The van der Waals surface area contributed by atoms with Crippen LogP contribution in [0.2, 0.25) is 0 Å². The van der Waals surface area contributed by atoms with Crippen molar-refractivity contribution in [1.82, 2.24) is 34.9 Å². The first-order valence-electron chi connectivity index (χ1n) is 11.9. The van der Waals surface area contributed by atoms with Crippen LogP contribution in [0.5, 0.6) is 0 Å². The molecule has 2 saturated carbocycles. The Hall–Kier alpha value is -2.28. The maximum atomic E-state index is 14.1. The maximum absolute atomic E-state index is 14.1. The fourth-order valence-corrected chi connectivity index (χ4v) is 7.17. The summed E-state index contributed by atoms with van der Waals surface area (Å²) < 4.78 is 52.4. The number of rotatable bonds is 4. The highest BCUT2D eigenvalue weighted by molar-refractivity contribution is 7.11. The molecule has 188 valence electrons. The van der Waals surface area contributed by atoms with E-state index in [0.717, 1.165) is 51.0 Å². The van der Waals surface area contributed by atoms with Crippen LogP contribution in [-0.4, -0.2) is 80.2 Å². The van der Waals surface area contributed by atoms with Gasteiger partial charge >= 0.3 is 12.2 Å². The van der Waals surface area contributed by atoms with Gasteiger partial charge in [-0.15, -0.1) is 11.3 Å². The highest BCUT2D eigenvalue weighted by atomic mass is 32.1. The van der Waals surface area contributed by atoms with Crippen LogP contribution in [0, 0.1) is 10.8 Å². The highest BCUT2D eigenvalue weighted by Crippen LogP contribution is 2.56. The van der Waals surface area contributed by atoms with E-state index in [1.54, 1.807) is 0 Å². The van der Waals surface area contributed by atoms with E-state index in [4.69, 9.17) is 0 Å². The van der Waals surface area contributed by atoms with Crippen molar-refractivity contribution in [2.24, 2.45) is 10.8 Å². The summed E-state index contributed by atoms with van der Waals surface area (Å²) in [6.07, 6.45) is -0.557. The molecule has 13 heteroatoms. The van der Waals surface area contributed by atoms with E-state index in [-0.39, 0.29) is 28.6 Å². The number of carbonyl (C=O) groups is 1. The number of alkyl halides is 4. The molecule has 7 rings (SSSR count). The predicted molar refractivity (Wildman–Crippen MR) is 116 cm³/mol. The van der Waals surface area contributed by atoms with Gasteiger partial charge in [0, 0.05) is 56.0 Å². The second-order valence-electron chi connectivity index (χ2n) is 11.4. The Kier molecular flexibility index (Phi) is 4.35. The number of thiazole rings is 1. The van der Waals surface area contributed by atoms with Crippen LogP contribution in [0.4, 0.5) is 22.4 Å². The molecule has 0 atom stereocenters. The largest absolute Gasteiger partial charge is 0.427 e. The Bertz CT molecular complexity index is 1160. The number of H-pyrrole nitrogens is 1. The van der Waals surface area contributed by atoms with Gasteiger partial charge in [0.1, 0.15) is 15.7 Å². The van der Waals surface area contributed by atoms with E-state index >= 15 is 0 Å². The molecule has 2 spiro atoms. The molecule has 2 aromatic rings. The molecule has 0 radical (unpaired) electrons. The third-order valence-corrected chi connectivity index (χ3v) is 9.32. The van der Waals surface area contributed by atoms with Gasteiger partial charge in [0.15, 0.2) is 11.5 Å². The summed E-state index contributed by atoms with van der Waals surface area (Å²) in [6, 6.07) is 0.0768. The van der Waals surface area contributed by atoms with Crippen molar-refractivity contribution < 1.29 is 22.4 Å². The highest BCUT2D eigenvalue weighted by Gasteiger charge is 2.59. The van der Waals surface area contributed by atoms with Gasteiger partial charge in [0.25, 0.3) is 0 Å². The summed E-state index contributed by atoms with van der Waals surface area (Å²) in [5.74, 6) is 1.32. The molecular weight excluding hydrogens is 486 g/mol. The number of nitrogens with zero attached hydrogens (tertiary/aromatic N) is 6. The van der Waals surface area contributed by atoms with Crippen LogP contribution in [0.1, 0.15) is 53.1 Å². The number of aromatic amines is 1. The lowest BCUT2D eigenvalue weighted by molar-refractivity contribution is -0.134. The molecule has 2 aromatic heterocycles. The van der Waals surface area contributed by atoms with Crippen LogP contribution in [0.3, 0.4) is 0 Å². The topological polar surface area (TPSA) is 81.2 Å². The van der Waals surface area contributed by atoms with Crippen molar-refractivity contribution in [3.8, 4) is 0 Å². The van der Waals surface area contributed by atoms with Gasteiger partial charge in [0.2, 0.25) is 0 Å². The average molecular weight is 512 g/mol. The first-order chi connectivity index (χ1) is 16.5. The van der Waals surface area contributed by atoms with E-state index < -0.39 is 16.7 Å². The number of likely N-dealkylation sites (tertiary alicyclic amines) is 3. The van der Waals surface area contributed by atoms with Gasteiger partial charge in [-0.25, -0.2) is 19.2 Å². The minimum Gasteiger partial charge on any atom is -0.323 e. The number of aromatic nitrogens is 4. The predicted octanol–water partition coefficient (Wildman–Crippen LogP) is 3.36. The average Bonchev–Trinajstić information content (AvgIpc) is 3.10. The van der Waals surface area contributed by atoms with E-state index in [0.29, 0.717) is 48.8 Å². The van der Waals surface area contributed by atoms with E-state index in [1.807, 2.05) is 9.80 Å². The summed E-state index contributed by atoms with van der Waals surface area (Å²) in [6.45, 7) is 4.88. The monoisotopic (exact) mass is 511 g/mol. The van der Waals surface area contributed by atoms with Crippen LogP contribution in [0.25, 0.3) is 0 Å². The molecule has 0 unspecified atom stereocenters. The lowest BCUT2D eigenvalue weighted by Gasteiger charge is -2.63. The summed E-state index contributed by atoms with van der Waals surface area (Å²) >= 11 is 0.699. The Morgan fingerprint density at radius 3 is 2.34 bits per heavy atom. The molecule has 1 N–H and O–H groups in total. The van der Waals surface area contributed by atoms with Crippen molar-refractivity contribution in [3.63, 3.8) is 0 Å². The van der Waals surface area contributed by atoms with Crippen LogP contribution in [-0.2, 0) is 18.4 Å². The standard InChI is InChI=1S/C22H25F4N7OS/c23-21(1-2-21)17-28-16(29-30-17)13-3-19(4-13)9-32(10-19)18(34)33-11-20(12-33)7-31(8-20)6-15-27-5-14(35-15)22(24,25)26/h5,13H,1-4,6-12H2,(H,28,29,30). The van der Waals surface area contributed by atoms with E-state index in [1.165, 1.54) is 0 Å². The normalized spacial score (nSPS) is 26.3. The molecule has 3 saturated heterocycles. The second kappa shape index (κ2) is 6.93. The molecule has 5 heterocycles. The number of amides is 2. The number of urea groups is 1. The van der Waals surface area contributed by atoms with Gasteiger partial charge in [-0.2, -0.15) is 18.3 Å². The van der Waals surface area contributed by atoms with Crippen molar-refractivity contribution >= 4 is 17.4 Å². The first kappa shape index (κ1) is 22.0. The lowest BCUT2D eigenvalue weighted by Crippen LogP contribution is -2.75. The van der Waals surface area contributed by atoms with E-state index in [9.17, 15) is 22.4 Å². The Morgan fingerprint density at radius 1 is 1.09 bits per heavy atom. The molecule has 0 bridgehead atoms. The van der Waals surface area contributed by atoms with Crippen molar-refractivity contribution in [2.75, 3.05) is 39.3 Å². The Labute approximate surface area is 202 Å². The van der Waals surface area contributed by atoms with Crippen LogP contribution < -0.4 is 0 Å². The molecule has 2 aliphatic carbocycles. The number of nitrogens with one attached hydrogen (secondary N) is 1. The molecular formula is C22H25F4N7OS. The SMILES string of the molecule is O=C(N1CC2(CC(c3nc(C4(F)CC4)n[nH]3)C2)C1)N1CC2(CN(Cc3ncc(C(F)(F)F)s3)C2)C1. The van der Waals surface area contributed by atoms with Crippen molar-refractivity contribution in [2.45, 2.75) is 50.0 Å². The minimum absolute atomic E-state index is 0.0726. The van der Waals surface area contributed by atoms with Crippen molar-refractivity contribution in [1.29, 1.82) is 0 Å². The van der Waals surface area contributed by atoms with Gasteiger partial charge in [-0.05, 0) is 25.7 Å². The summed E-state index contributed by atoms with van der Waals surface area (Å²) in [4.78, 5) is 26.4. The second-order valence-corrected chi connectivity index (χ2v) is 12.5. The molecule has 8 nitrogen and oxygen atoms in total. The van der Waals surface area contributed by atoms with Crippen LogP contribution >= 0.6 is 11.3 Å². The van der Waals surface area contributed by atoms with E-state index in [2.05, 4.69) is 25.1 Å². The third-order valence-electron chi connectivity index (χ3n) is 8.29. The third kappa shape index (κ3) is 3.56. The molecule has 0 aromatic carbocycles. The van der Waals surface area contributed by atoms with Gasteiger partial charge < -0.3 is 9.80 Å². The zero-order chi connectivity index (χ0) is 24.2. The van der Waals surface area contributed by atoms with Gasteiger partial charge in [-0.3, -0.25) is 10.00 Å². The molecule has 5 aliphatic rings. The summed E-state index contributed by atoms with van der Waals surface area (Å²) in [5, 5.41) is 7.45. The quantitative estimate of drug-likeness (QED) is 0.637. The first-order valence-corrected chi connectivity index (χ1v) is 12.8. The summed E-state index contributed by atoms with van der Waals surface area (Å²) in [7, 11) is 0. The molecule has 5 fully saturated rings. The Morgan fingerprint density at radius 2 is 1.74 bits per heavy atom. The van der Waals surface area contributed by atoms with Crippen molar-refractivity contribution in [3.05, 3.63) is 27.7 Å². The number of halogens is 4. The van der Waals surface area contributed by atoms with Crippen LogP contribution in [0.15, 0.2) is 6.20 Å². The summed E-state index contributed by atoms with van der Waals surface area (Å²) in [5.41, 5.74) is -1.10. The number of hydrogen-bond acceptors (Lipinski definition) is 6.